The molecule has 1 N–H and O–H groups in total. The van der Waals surface area contributed by atoms with Crippen LogP contribution in [0.1, 0.15) is 48.3 Å². The molecule has 3 aromatic carbocycles. The van der Waals surface area contributed by atoms with Gasteiger partial charge in [-0.05, 0) is 60.9 Å². The Hall–Kier alpha value is -3.67. The molecular weight excluding hydrogens is 455 g/mol. The molecule has 2 heterocycles. The number of carboxylic acid groups (broad SMARTS) is 1. The van der Waals surface area contributed by atoms with Crippen LogP contribution >= 0.6 is 0 Å². The largest absolute Gasteiger partial charge is 0.480 e. The van der Waals surface area contributed by atoms with Crippen LogP contribution in [0.4, 0.5) is 10.1 Å². The van der Waals surface area contributed by atoms with Crippen LogP contribution in [0.25, 0.3) is 0 Å². The highest BCUT2D eigenvalue weighted by Gasteiger charge is 2.41. The number of carbonyl (C=O) groups is 2. The SMILES string of the molecule is O=C(O)[C@@H]1C[C@H](N2CCCCc3ccc(F)cc32)CCN1C(=O)C(c1ccccc1)c1ccccc1. The standard InChI is InChI=1S/C30H31FN2O3/c31-24-15-14-21-9-7-8-17-32(26(21)19-24)25-16-18-33(27(20-25)30(35)36)29(34)28(22-10-3-1-4-11-22)23-12-5-2-6-13-23/h1-6,10-15,19,25,27-28H,7-9,16-18,20H2,(H,35,36)/t25-,27+/m1/s1. The van der Waals surface area contributed by atoms with Crippen molar-refractivity contribution >= 4 is 17.6 Å². The van der Waals surface area contributed by atoms with Gasteiger partial charge >= 0.3 is 5.97 Å². The van der Waals surface area contributed by atoms with Gasteiger partial charge in [0.25, 0.3) is 0 Å². The Balaban J connectivity index is 1.44. The summed E-state index contributed by atoms with van der Waals surface area (Å²) >= 11 is 0. The van der Waals surface area contributed by atoms with E-state index in [9.17, 15) is 19.1 Å². The van der Waals surface area contributed by atoms with Crippen LogP contribution in [-0.2, 0) is 16.0 Å². The molecule has 2 aliphatic heterocycles. The number of fused-ring (bicyclic) bond motifs is 1. The summed E-state index contributed by atoms with van der Waals surface area (Å²) < 4.78 is 14.2. The average Bonchev–Trinajstić information content (AvgIpc) is 3.12. The number of carbonyl (C=O) groups excluding carboxylic acids is 1. The predicted octanol–water partition coefficient (Wildman–Crippen LogP) is 5.24. The molecule has 36 heavy (non-hydrogen) atoms. The molecule has 0 aliphatic carbocycles. The molecule has 0 aromatic heterocycles. The minimum atomic E-state index is -0.998. The van der Waals surface area contributed by atoms with Crippen LogP contribution in [0.3, 0.4) is 0 Å². The van der Waals surface area contributed by atoms with Crippen LogP contribution in [0, 0.1) is 5.82 Å². The van der Waals surface area contributed by atoms with Crippen molar-refractivity contribution in [1.82, 2.24) is 4.90 Å². The Morgan fingerprint density at radius 3 is 2.19 bits per heavy atom. The maximum atomic E-state index is 14.2. The van der Waals surface area contributed by atoms with Gasteiger partial charge in [-0.25, -0.2) is 9.18 Å². The van der Waals surface area contributed by atoms with Crippen LogP contribution in [0.5, 0.6) is 0 Å². The van der Waals surface area contributed by atoms with Crippen LogP contribution in [-0.4, -0.2) is 47.1 Å². The third kappa shape index (κ3) is 4.85. The summed E-state index contributed by atoms with van der Waals surface area (Å²) in [5.74, 6) is -2.04. The third-order valence-electron chi connectivity index (χ3n) is 7.55. The summed E-state index contributed by atoms with van der Waals surface area (Å²) in [6, 6.07) is 23.0. The van der Waals surface area contributed by atoms with Crippen molar-refractivity contribution in [3.63, 3.8) is 0 Å². The van der Waals surface area contributed by atoms with Gasteiger partial charge in [-0.1, -0.05) is 66.7 Å². The fraction of sp³-hybridized carbons (Fsp3) is 0.333. The molecule has 3 aromatic rings. The Morgan fingerprint density at radius 2 is 1.56 bits per heavy atom. The summed E-state index contributed by atoms with van der Waals surface area (Å²) in [7, 11) is 0. The van der Waals surface area contributed by atoms with Crippen LogP contribution < -0.4 is 4.90 Å². The van der Waals surface area contributed by atoms with Crippen molar-refractivity contribution in [2.45, 2.75) is 50.1 Å². The fourth-order valence-corrected chi connectivity index (χ4v) is 5.78. The van der Waals surface area contributed by atoms with Crippen LogP contribution in [0.2, 0.25) is 0 Å². The van der Waals surface area contributed by atoms with E-state index in [-0.39, 0.29) is 17.8 Å². The van der Waals surface area contributed by atoms with Gasteiger partial charge in [0.05, 0.1) is 5.92 Å². The monoisotopic (exact) mass is 486 g/mol. The molecule has 186 valence electrons. The van der Waals surface area contributed by atoms with Crippen molar-refractivity contribution in [1.29, 1.82) is 0 Å². The zero-order valence-electron chi connectivity index (χ0n) is 20.2. The van der Waals surface area contributed by atoms with E-state index in [2.05, 4.69) is 4.90 Å². The number of nitrogens with zero attached hydrogens (tertiary/aromatic N) is 2. The lowest BCUT2D eigenvalue weighted by molar-refractivity contribution is -0.152. The molecule has 2 atom stereocenters. The Kier molecular flexibility index (Phi) is 7.03. The highest BCUT2D eigenvalue weighted by atomic mass is 19.1. The summed E-state index contributed by atoms with van der Waals surface area (Å²) in [4.78, 5) is 30.2. The third-order valence-corrected chi connectivity index (χ3v) is 7.55. The second-order valence-electron chi connectivity index (χ2n) is 9.74. The molecule has 1 saturated heterocycles. The highest BCUT2D eigenvalue weighted by Crippen LogP contribution is 2.35. The molecule has 6 heteroatoms. The summed E-state index contributed by atoms with van der Waals surface area (Å²) in [6.45, 7) is 1.11. The first-order chi connectivity index (χ1) is 17.5. The maximum absolute atomic E-state index is 14.2. The number of carboxylic acids is 1. The molecule has 0 bridgehead atoms. The summed E-state index contributed by atoms with van der Waals surface area (Å²) in [5.41, 5.74) is 3.66. The number of halogens is 1. The second-order valence-corrected chi connectivity index (χ2v) is 9.74. The minimum absolute atomic E-state index is 0.0688. The molecular formula is C30H31FN2O3. The lowest BCUT2D eigenvalue weighted by Crippen LogP contribution is -2.56. The van der Waals surface area contributed by atoms with E-state index in [0.717, 1.165) is 48.2 Å². The lowest BCUT2D eigenvalue weighted by Gasteiger charge is -2.44. The van der Waals surface area contributed by atoms with E-state index >= 15 is 0 Å². The smallest absolute Gasteiger partial charge is 0.326 e. The molecule has 5 rings (SSSR count). The number of aryl methyl sites for hydroxylation is 1. The zero-order valence-corrected chi connectivity index (χ0v) is 20.2. The average molecular weight is 487 g/mol. The molecule has 1 fully saturated rings. The van der Waals surface area contributed by atoms with E-state index in [0.29, 0.717) is 19.4 Å². The van der Waals surface area contributed by atoms with E-state index in [4.69, 9.17) is 0 Å². The molecule has 0 unspecified atom stereocenters. The number of rotatable bonds is 5. The number of amides is 1. The Labute approximate surface area is 211 Å². The molecule has 1 amide bonds. The van der Waals surface area contributed by atoms with E-state index < -0.39 is 17.9 Å². The number of piperidine rings is 1. The van der Waals surface area contributed by atoms with Crippen LogP contribution in [0.15, 0.2) is 78.9 Å². The number of likely N-dealkylation sites (tertiary alicyclic amines) is 1. The fourth-order valence-electron chi connectivity index (χ4n) is 5.78. The summed E-state index contributed by atoms with van der Waals surface area (Å²) in [5, 5.41) is 10.2. The normalized spacial score (nSPS) is 20.1. The topological polar surface area (TPSA) is 60.9 Å². The maximum Gasteiger partial charge on any atom is 0.326 e. The van der Waals surface area contributed by atoms with Crippen molar-refractivity contribution < 1.29 is 19.1 Å². The van der Waals surface area contributed by atoms with Gasteiger partial charge in [0, 0.05) is 24.8 Å². The number of anilines is 1. The predicted molar refractivity (Wildman–Crippen MR) is 138 cm³/mol. The van der Waals surface area contributed by atoms with Gasteiger partial charge < -0.3 is 14.9 Å². The van der Waals surface area contributed by atoms with E-state index in [1.807, 2.05) is 66.7 Å². The summed E-state index contributed by atoms with van der Waals surface area (Å²) in [6.07, 6.45) is 3.83. The van der Waals surface area contributed by atoms with Gasteiger partial charge in [0.15, 0.2) is 0 Å². The Morgan fingerprint density at radius 1 is 0.889 bits per heavy atom. The van der Waals surface area contributed by atoms with Crippen molar-refractivity contribution in [3.8, 4) is 0 Å². The first-order valence-electron chi connectivity index (χ1n) is 12.7. The van der Waals surface area contributed by atoms with Crippen molar-refractivity contribution in [2.75, 3.05) is 18.0 Å². The van der Waals surface area contributed by atoms with Gasteiger partial charge in [-0.15, -0.1) is 0 Å². The number of benzene rings is 3. The Bertz CT molecular complexity index is 1180. The first kappa shape index (κ1) is 24.0. The molecule has 5 nitrogen and oxygen atoms in total. The van der Waals surface area contributed by atoms with Crippen molar-refractivity contribution in [3.05, 3.63) is 101 Å². The molecule has 0 radical (unpaired) electrons. The van der Waals surface area contributed by atoms with Gasteiger partial charge in [-0.3, -0.25) is 4.79 Å². The van der Waals surface area contributed by atoms with E-state index in [1.54, 1.807) is 11.0 Å². The van der Waals surface area contributed by atoms with Gasteiger partial charge in [0.1, 0.15) is 11.9 Å². The number of hydrogen-bond donors (Lipinski definition) is 1. The molecule has 0 spiro atoms. The lowest BCUT2D eigenvalue weighted by atomic mass is 9.87. The molecule has 2 aliphatic rings. The van der Waals surface area contributed by atoms with Crippen molar-refractivity contribution in [2.24, 2.45) is 0 Å². The first-order valence-corrected chi connectivity index (χ1v) is 12.7. The second kappa shape index (κ2) is 10.5. The van der Waals surface area contributed by atoms with Gasteiger partial charge in [-0.2, -0.15) is 0 Å². The zero-order chi connectivity index (χ0) is 25.1. The van der Waals surface area contributed by atoms with E-state index in [1.165, 1.54) is 6.07 Å². The quantitative estimate of drug-likeness (QED) is 0.536. The number of aliphatic carboxylic acids is 1. The highest BCUT2D eigenvalue weighted by molar-refractivity contribution is 5.91. The minimum Gasteiger partial charge on any atom is -0.480 e. The molecule has 0 saturated carbocycles. The number of hydrogen-bond acceptors (Lipinski definition) is 3. The van der Waals surface area contributed by atoms with Gasteiger partial charge in [0.2, 0.25) is 5.91 Å².